The fourth-order valence-electron chi connectivity index (χ4n) is 3.98. The van der Waals surface area contributed by atoms with Crippen LogP contribution in [0, 0.1) is 11.6 Å². The standard InChI is InChI=1S/C22H28F2N6O.HI/c1-25-22(28-17-6-8-30(15-17)21-18(23)3-2-7-26-21)27-14-16-4-5-20(19(24)13-16)29-9-11-31-12-10-29;/h2-5,7,13,17H,6,8-12,14-15H2,1H3,(H2,25,27,28);1H. The van der Waals surface area contributed by atoms with E-state index in [1.54, 1.807) is 25.4 Å². The van der Waals surface area contributed by atoms with Crippen LogP contribution in [0.15, 0.2) is 41.5 Å². The Morgan fingerprint density at radius 3 is 2.69 bits per heavy atom. The number of nitrogens with one attached hydrogen (secondary N) is 2. The van der Waals surface area contributed by atoms with Crippen LogP contribution < -0.4 is 20.4 Å². The number of rotatable bonds is 5. The van der Waals surface area contributed by atoms with Crippen molar-refractivity contribution in [3.05, 3.63) is 53.7 Å². The molecule has 1 aromatic heterocycles. The molecule has 3 heterocycles. The van der Waals surface area contributed by atoms with Crippen LogP contribution in [0.25, 0.3) is 0 Å². The van der Waals surface area contributed by atoms with Gasteiger partial charge in [0, 0.05) is 52.0 Å². The third-order valence-corrected chi connectivity index (χ3v) is 5.62. The fourth-order valence-corrected chi connectivity index (χ4v) is 3.98. The average Bonchev–Trinajstić information content (AvgIpc) is 3.26. The lowest BCUT2D eigenvalue weighted by molar-refractivity contribution is 0.122. The molecule has 1 atom stereocenters. The molecular weight excluding hydrogens is 529 g/mol. The second-order valence-corrected chi connectivity index (χ2v) is 7.70. The van der Waals surface area contributed by atoms with Gasteiger partial charge in [-0.05, 0) is 36.2 Å². The summed E-state index contributed by atoms with van der Waals surface area (Å²) in [5, 5.41) is 6.60. The van der Waals surface area contributed by atoms with Crippen molar-refractivity contribution >= 4 is 41.4 Å². The third-order valence-electron chi connectivity index (χ3n) is 5.62. The third kappa shape index (κ3) is 5.97. The number of halogens is 3. The summed E-state index contributed by atoms with van der Waals surface area (Å²) >= 11 is 0. The minimum absolute atomic E-state index is 0. The van der Waals surface area contributed by atoms with Crippen LogP contribution in [0.3, 0.4) is 0 Å². The SMILES string of the molecule is CN=C(NCc1ccc(N2CCOCC2)c(F)c1)NC1CCN(c2ncccc2F)C1.I. The van der Waals surface area contributed by atoms with Gasteiger partial charge in [0.15, 0.2) is 17.6 Å². The molecule has 2 aromatic rings. The number of anilines is 2. The van der Waals surface area contributed by atoms with Crippen molar-refractivity contribution in [3.8, 4) is 0 Å². The zero-order valence-electron chi connectivity index (χ0n) is 18.1. The van der Waals surface area contributed by atoms with Crippen molar-refractivity contribution in [3.63, 3.8) is 0 Å². The van der Waals surface area contributed by atoms with E-state index in [0.717, 1.165) is 18.5 Å². The number of pyridine rings is 1. The Morgan fingerprint density at radius 1 is 1.16 bits per heavy atom. The topological polar surface area (TPSA) is 65.0 Å². The van der Waals surface area contributed by atoms with Crippen LogP contribution in [-0.4, -0.2) is 63.4 Å². The van der Waals surface area contributed by atoms with Crippen LogP contribution in [0.2, 0.25) is 0 Å². The molecule has 2 aliphatic rings. The van der Waals surface area contributed by atoms with Gasteiger partial charge >= 0.3 is 0 Å². The predicted octanol–water partition coefficient (Wildman–Crippen LogP) is 2.76. The largest absolute Gasteiger partial charge is 0.378 e. The number of hydrogen-bond acceptors (Lipinski definition) is 5. The van der Waals surface area contributed by atoms with Gasteiger partial charge in [0.1, 0.15) is 5.82 Å². The van der Waals surface area contributed by atoms with E-state index in [1.165, 1.54) is 6.07 Å². The fraction of sp³-hybridized carbons (Fsp3) is 0.455. The first kappa shape index (κ1) is 24.4. The first-order valence-corrected chi connectivity index (χ1v) is 10.6. The van der Waals surface area contributed by atoms with Crippen molar-refractivity contribution < 1.29 is 13.5 Å². The van der Waals surface area contributed by atoms with Gasteiger partial charge in [-0.2, -0.15) is 0 Å². The van der Waals surface area contributed by atoms with Crippen LogP contribution in [0.5, 0.6) is 0 Å². The number of ether oxygens (including phenoxy) is 1. The highest BCUT2D eigenvalue weighted by Gasteiger charge is 2.26. The molecule has 0 radical (unpaired) electrons. The Labute approximate surface area is 204 Å². The summed E-state index contributed by atoms with van der Waals surface area (Å²) < 4.78 is 33.9. The van der Waals surface area contributed by atoms with E-state index in [9.17, 15) is 8.78 Å². The number of morpholine rings is 1. The normalized spacial score (nSPS) is 19.0. The first-order chi connectivity index (χ1) is 15.1. The van der Waals surface area contributed by atoms with E-state index in [4.69, 9.17) is 4.74 Å². The number of aromatic nitrogens is 1. The molecule has 0 saturated carbocycles. The molecule has 174 valence electrons. The molecule has 1 unspecified atom stereocenters. The Morgan fingerprint density at radius 2 is 1.97 bits per heavy atom. The molecule has 2 N–H and O–H groups in total. The van der Waals surface area contributed by atoms with E-state index in [-0.39, 0.29) is 41.7 Å². The zero-order chi connectivity index (χ0) is 21.6. The maximum Gasteiger partial charge on any atom is 0.191 e. The molecule has 32 heavy (non-hydrogen) atoms. The van der Waals surface area contributed by atoms with Gasteiger partial charge in [-0.15, -0.1) is 24.0 Å². The molecule has 4 rings (SSSR count). The number of hydrogen-bond donors (Lipinski definition) is 2. The van der Waals surface area contributed by atoms with Crippen LogP contribution in [-0.2, 0) is 11.3 Å². The molecule has 0 spiro atoms. The second kappa shape index (κ2) is 11.6. The molecule has 2 aliphatic heterocycles. The summed E-state index contributed by atoms with van der Waals surface area (Å²) in [5.74, 6) is 0.470. The number of aliphatic imine (C=N–C) groups is 1. The molecule has 0 amide bonds. The summed E-state index contributed by atoms with van der Waals surface area (Å²) in [6, 6.07) is 8.44. The van der Waals surface area contributed by atoms with Crippen molar-refractivity contribution in [1.29, 1.82) is 0 Å². The highest BCUT2D eigenvalue weighted by Crippen LogP contribution is 2.22. The van der Waals surface area contributed by atoms with Crippen molar-refractivity contribution in [2.45, 2.75) is 19.0 Å². The van der Waals surface area contributed by atoms with Crippen molar-refractivity contribution in [2.75, 3.05) is 56.2 Å². The molecule has 2 saturated heterocycles. The Balaban J connectivity index is 0.00000289. The molecule has 2 fully saturated rings. The van der Waals surface area contributed by atoms with Crippen molar-refractivity contribution in [1.82, 2.24) is 15.6 Å². The van der Waals surface area contributed by atoms with E-state index >= 15 is 0 Å². The van der Waals surface area contributed by atoms with Crippen LogP contribution >= 0.6 is 24.0 Å². The average molecular weight is 558 g/mol. The minimum Gasteiger partial charge on any atom is -0.378 e. The van der Waals surface area contributed by atoms with Gasteiger partial charge in [0.05, 0.1) is 18.9 Å². The quantitative estimate of drug-likeness (QED) is 0.335. The van der Waals surface area contributed by atoms with Gasteiger partial charge in [0.25, 0.3) is 0 Å². The number of nitrogens with zero attached hydrogens (tertiary/aromatic N) is 4. The number of benzene rings is 1. The molecular formula is C22H29F2IN6O. The van der Waals surface area contributed by atoms with E-state index < -0.39 is 0 Å². The maximum atomic E-state index is 14.6. The van der Waals surface area contributed by atoms with E-state index in [1.807, 2.05) is 21.9 Å². The van der Waals surface area contributed by atoms with Gasteiger partial charge < -0.3 is 25.2 Å². The Kier molecular flexibility index (Phi) is 8.85. The molecule has 0 aliphatic carbocycles. The van der Waals surface area contributed by atoms with Gasteiger partial charge in [-0.3, -0.25) is 4.99 Å². The second-order valence-electron chi connectivity index (χ2n) is 7.70. The van der Waals surface area contributed by atoms with Gasteiger partial charge in [-0.1, -0.05) is 6.07 Å². The smallest absolute Gasteiger partial charge is 0.191 e. The summed E-state index contributed by atoms with van der Waals surface area (Å²) in [6.45, 7) is 4.45. The Bertz CT molecular complexity index is 925. The van der Waals surface area contributed by atoms with Crippen LogP contribution in [0.1, 0.15) is 12.0 Å². The highest BCUT2D eigenvalue weighted by molar-refractivity contribution is 14.0. The predicted molar refractivity (Wildman–Crippen MR) is 133 cm³/mol. The summed E-state index contributed by atoms with van der Waals surface area (Å²) in [7, 11) is 1.70. The molecule has 10 heteroatoms. The molecule has 7 nitrogen and oxygen atoms in total. The van der Waals surface area contributed by atoms with Crippen molar-refractivity contribution in [2.24, 2.45) is 4.99 Å². The lowest BCUT2D eigenvalue weighted by atomic mass is 10.1. The lowest BCUT2D eigenvalue weighted by Crippen LogP contribution is -2.44. The molecule has 0 bridgehead atoms. The number of guanidine groups is 1. The lowest BCUT2D eigenvalue weighted by Gasteiger charge is -2.29. The highest BCUT2D eigenvalue weighted by atomic mass is 127. The Hall–Kier alpha value is -2.21. The van der Waals surface area contributed by atoms with E-state index in [2.05, 4.69) is 20.6 Å². The monoisotopic (exact) mass is 558 g/mol. The van der Waals surface area contributed by atoms with Gasteiger partial charge in [-0.25, -0.2) is 13.8 Å². The molecule has 1 aromatic carbocycles. The van der Waals surface area contributed by atoms with Crippen LogP contribution in [0.4, 0.5) is 20.3 Å². The summed E-state index contributed by atoms with van der Waals surface area (Å²) in [4.78, 5) is 12.4. The van der Waals surface area contributed by atoms with E-state index in [0.29, 0.717) is 56.9 Å². The summed E-state index contributed by atoms with van der Waals surface area (Å²) in [5.41, 5.74) is 1.45. The van der Waals surface area contributed by atoms with Gasteiger partial charge in [0.2, 0.25) is 0 Å². The first-order valence-electron chi connectivity index (χ1n) is 10.6. The summed E-state index contributed by atoms with van der Waals surface area (Å²) in [6.07, 6.45) is 2.45. The minimum atomic E-state index is -0.312. The maximum absolute atomic E-state index is 14.6. The zero-order valence-corrected chi connectivity index (χ0v) is 20.4.